The Hall–Kier alpha value is -2.38. The van der Waals surface area contributed by atoms with Gasteiger partial charge in [0.25, 0.3) is 0 Å². The lowest BCUT2D eigenvalue weighted by molar-refractivity contribution is 0.477. The third-order valence-electron chi connectivity index (χ3n) is 4.24. The van der Waals surface area contributed by atoms with Crippen molar-refractivity contribution in [2.45, 2.75) is 45.7 Å². The fourth-order valence-corrected chi connectivity index (χ4v) is 4.51. The molecule has 29 heavy (non-hydrogen) atoms. The van der Waals surface area contributed by atoms with Crippen LogP contribution in [0.3, 0.4) is 0 Å². The number of hydrogen-bond acceptors (Lipinski definition) is 3. The Labute approximate surface area is 175 Å². The molecule has 2 aromatic carbocycles. The molecule has 0 aliphatic carbocycles. The van der Waals surface area contributed by atoms with Crippen LogP contribution in [-0.4, -0.2) is 38.9 Å². The normalized spacial score (nSPS) is 12.2. The summed E-state index contributed by atoms with van der Waals surface area (Å²) in [4.78, 5) is 6.82. The molecule has 0 amide bonds. The molecule has 0 aliphatic rings. The molecule has 0 bridgehead atoms. The Morgan fingerprint density at radius 1 is 1.03 bits per heavy atom. The van der Waals surface area contributed by atoms with Gasteiger partial charge in [0.15, 0.2) is 5.96 Å². The number of sulfonamides is 1. The summed E-state index contributed by atoms with van der Waals surface area (Å²) >= 11 is 0. The lowest BCUT2D eigenvalue weighted by Gasteiger charge is -2.22. The van der Waals surface area contributed by atoms with Gasteiger partial charge in [-0.25, -0.2) is 18.1 Å². The van der Waals surface area contributed by atoms with E-state index in [2.05, 4.69) is 27.1 Å². The molecule has 0 aliphatic heterocycles. The van der Waals surface area contributed by atoms with Gasteiger partial charge in [-0.15, -0.1) is 0 Å². The molecule has 6 nitrogen and oxygen atoms in total. The Balaban J connectivity index is 2.16. The highest BCUT2D eigenvalue weighted by Crippen LogP contribution is 2.14. The minimum Gasteiger partial charge on any atom is -0.357 e. The van der Waals surface area contributed by atoms with Crippen LogP contribution in [0, 0.1) is 0 Å². The number of nitrogens with one attached hydrogen (secondary N) is 2. The van der Waals surface area contributed by atoms with E-state index in [1.807, 2.05) is 70.3 Å². The van der Waals surface area contributed by atoms with Gasteiger partial charge in [-0.3, -0.25) is 0 Å². The van der Waals surface area contributed by atoms with Crippen molar-refractivity contribution in [3.63, 3.8) is 0 Å². The van der Waals surface area contributed by atoms with Gasteiger partial charge in [-0.2, -0.15) is 0 Å². The topological polar surface area (TPSA) is 73.8 Å². The molecule has 2 N–H and O–H groups in total. The molecule has 0 saturated carbocycles. The van der Waals surface area contributed by atoms with Crippen molar-refractivity contribution < 1.29 is 8.42 Å². The number of aliphatic imine (C=N–C) groups is 1. The second-order valence-corrected chi connectivity index (χ2v) is 9.07. The highest BCUT2D eigenvalue weighted by atomic mass is 32.2. The van der Waals surface area contributed by atoms with Crippen LogP contribution in [0.5, 0.6) is 0 Å². The highest BCUT2D eigenvalue weighted by Gasteiger charge is 2.15. The number of rotatable bonds is 9. The SMILES string of the molecule is CCNC(=NCc1ccccc1CS(=O)(=O)NC(C)C)N(C)Cc1ccccc1. The van der Waals surface area contributed by atoms with Crippen molar-refractivity contribution in [2.24, 2.45) is 4.99 Å². The van der Waals surface area contributed by atoms with Gasteiger partial charge in [0, 0.05) is 26.2 Å². The largest absolute Gasteiger partial charge is 0.357 e. The third kappa shape index (κ3) is 7.87. The molecule has 0 fully saturated rings. The molecule has 0 saturated heterocycles. The van der Waals surface area contributed by atoms with Crippen LogP contribution in [0.25, 0.3) is 0 Å². The maximum Gasteiger partial charge on any atom is 0.216 e. The van der Waals surface area contributed by atoms with Crippen molar-refractivity contribution >= 4 is 16.0 Å². The van der Waals surface area contributed by atoms with E-state index in [-0.39, 0.29) is 11.8 Å². The van der Waals surface area contributed by atoms with Gasteiger partial charge in [-0.05, 0) is 37.5 Å². The van der Waals surface area contributed by atoms with Gasteiger partial charge in [0.1, 0.15) is 0 Å². The Morgan fingerprint density at radius 2 is 1.66 bits per heavy atom. The van der Waals surface area contributed by atoms with Gasteiger partial charge >= 0.3 is 0 Å². The fraction of sp³-hybridized carbons (Fsp3) is 0.409. The number of hydrogen-bond donors (Lipinski definition) is 2. The van der Waals surface area contributed by atoms with Crippen molar-refractivity contribution in [3.8, 4) is 0 Å². The molecular formula is C22H32N4O2S. The van der Waals surface area contributed by atoms with E-state index in [1.165, 1.54) is 5.56 Å². The second-order valence-electron chi connectivity index (χ2n) is 7.31. The minimum absolute atomic E-state index is 0.0483. The first-order chi connectivity index (χ1) is 13.8. The van der Waals surface area contributed by atoms with Crippen LogP contribution in [0.15, 0.2) is 59.6 Å². The van der Waals surface area contributed by atoms with Crippen molar-refractivity contribution in [2.75, 3.05) is 13.6 Å². The fourth-order valence-electron chi connectivity index (χ4n) is 3.02. The summed E-state index contributed by atoms with van der Waals surface area (Å²) in [6.07, 6.45) is 0. The Bertz CT molecular complexity index is 896. The summed E-state index contributed by atoms with van der Waals surface area (Å²) in [7, 11) is -1.39. The molecule has 0 spiro atoms. The Kier molecular flexibility index (Phi) is 8.67. The molecule has 0 aromatic heterocycles. The quantitative estimate of drug-likeness (QED) is 0.487. The number of nitrogens with zero attached hydrogens (tertiary/aromatic N) is 2. The van der Waals surface area contributed by atoms with E-state index in [0.717, 1.165) is 30.2 Å². The molecule has 2 rings (SSSR count). The second kappa shape index (κ2) is 11.0. The lowest BCUT2D eigenvalue weighted by atomic mass is 10.1. The maximum atomic E-state index is 12.3. The summed E-state index contributed by atoms with van der Waals surface area (Å²) < 4.78 is 27.3. The molecule has 0 atom stereocenters. The summed E-state index contributed by atoms with van der Waals surface area (Å²) in [5.74, 6) is 0.738. The summed E-state index contributed by atoms with van der Waals surface area (Å²) in [5.41, 5.74) is 2.88. The first-order valence-electron chi connectivity index (χ1n) is 9.91. The monoisotopic (exact) mass is 416 g/mol. The molecule has 0 heterocycles. The third-order valence-corrected chi connectivity index (χ3v) is 5.76. The smallest absolute Gasteiger partial charge is 0.216 e. The molecule has 0 radical (unpaired) electrons. The number of benzene rings is 2. The van der Waals surface area contributed by atoms with E-state index in [4.69, 9.17) is 4.99 Å². The first kappa shape index (κ1) is 22.9. The van der Waals surface area contributed by atoms with E-state index < -0.39 is 10.0 Å². The van der Waals surface area contributed by atoms with Crippen LogP contribution in [0.1, 0.15) is 37.5 Å². The Morgan fingerprint density at radius 3 is 2.28 bits per heavy atom. The maximum absolute atomic E-state index is 12.3. The van der Waals surface area contributed by atoms with Gasteiger partial charge in [-0.1, -0.05) is 54.6 Å². The first-order valence-corrected chi connectivity index (χ1v) is 11.6. The van der Waals surface area contributed by atoms with Crippen molar-refractivity contribution in [1.82, 2.24) is 14.9 Å². The zero-order valence-corrected chi connectivity index (χ0v) is 18.5. The standard InChI is InChI=1S/C22H32N4O2S/c1-5-23-22(26(4)16-19-11-7-6-8-12-19)24-15-20-13-9-10-14-21(20)17-29(27,28)25-18(2)3/h6-14,18,25H,5,15-17H2,1-4H3,(H,23,24). The van der Waals surface area contributed by atoms with Crippen LogP contribution in [0.4, 0.5) is 0 Å². The summed E-state index contributed by atoms with van der Waals surface area (Å²) in [5, 5.41) is 3.31. The van der Waals surface area contributed by atoms with Gasteiger partial charge in [0.05, 0.1) is 12.3 Å². The average Bonchev–Trinajstić information content (AvgIpc) is 2.65. The van der Waals surface area contributed by atoms with Crippen LogP contribution in [0.2, 0.25) is 0 Å². The van der Waals surface area contributed by atoms with Crippen LogP contribution in [-0.2, 0) is 28.9 Å². The predicted octanol–water partition coefficient (Wildman–Crippen LogP) is 3.11. The van der Waals surface area contributed by atoms with Crippen LogP contribution < -0.4 is 10.0 Å². The molecular weight excluding hydrogens is 384 g/mol. The van der Waals surface area contributed by atoms with E-state index in [0.29, 0.717) is 6.54 Å². The van der Waals surface area contributed by atoms with Crippen molar-refractivity contribution in [3.05, 3.63) is 71.3 Å². The highest BCUT2D eigenvalue weighted by molar-refractivity contribution is 7.88. The lowest BCUT2D eigenvalue weighted by Crippen LogP contribution is -2.38. The summed E-state index contributed by atoms with van der Waals surface area (Å²) in [6.45, 7) is 7.57. The average molecular weight is 417 g/mol. The number of guanidine groups is 1. The van der Waals surface area contributed by atoms with E-state index >= 15 is 0 Å². The van der Waals surface area contributed by atoms with Gasteiger partial charge < -0.3 is 10.2 Å². The summed E-state index contributed by atoms with van der Waals surface area (Å²) in [6, 6.07) is 17.7. The zero-order chi connectivity index (χ0) is 21.3. The molecule has 158 valence electrons. The van der Waals surface area contributed by atoms with E-state index in [9.17, 15) is 8.42 Å². The van der Waals surface area contributed by atoms with Gasteiger partial charge in [0.2, 0.25) is 10.0 Å². The molecule has 0 unspecified atom stereocenters. The predicted molar refractivity (Wildman–Crippen MR) is 120 cm³/mol. The molecule has 7 heteroatoms. The zero-order valence-electron chi connectivity index (χ0n) is 17.7. The minimum atomic E-state index is -3.39. The van der Waals surface area contributed by atoms with Crippen molar-refractivity contribution in [1.29, 1.82) is 0 Å². The van der Waals surface area contributed by atoms with Crippen LogP contribution >= 0.6 is 0 Å². The molecule has 2 aromatic rings. The van der Waals surface area contributed by atoms with E-state index in [1.54, 1.807) is 0 Å².